The van der Waals surface area contributed by atoms with Gasteiger partial charge in [-0.1, -0.05) is 42.5 Å². The molecule has 0 heterocycles. The predicted molar refractivity (Wildman–Crippen MR) is 72.1 cm³/mol. The highest BCUT2D eigenvalue weighted by atomic mass is 32.1. The Morgan fingerprint density at radius 2 is 1.62 bits per heavy atom. The molecule has 2 rings (SSSR count). The fourth-order valence-electron chi connectivity index (χ4n) is 1.57. The molecular weight excluding hydrogens is 240 g/mol. The van der Waals surface area contributed by atoms with Crippen LogP contribution in [0.25, 0.3) is 16.8 Å². The largest absolute Gasteiger partial charge is 0.394 e. The van der Waals surface area contributed by atoms with Crippen molar-refractivity contribution in [1.82, 2.24) is 0 Å². The monoisotopic (exact) mass is 250 g/mol. The Kier molecular flexibility index (Phi) is 3.64. The molecule has 0 aliphatic heterocycles. The van der Waals surface area contributed by atoms with Gasteiger partial charge in [-0.15, -0.1) is 0 Å². The van der Waals surface area contributed by atoms with Gasteiger partial charge in [-0.3, -0.25) is 0 Å². The summed E-state index contributed by atoms with van der Waals surface area (Å²) in [5, 5.41) is 2.28. The van der Waals surface area contributed by atoms with Crippen LogP contribution in [0, 0.1) is 0 Å². The van der Waals surface area contributed by atoms with Crippen molar-refractivity contribution >= 4 is 42.7 Å². The molecule has 0 aromatic heterocycles. The highest BCUT2D eigenvalue weighted by molar-refractivity contribution is 7.75. The van der Waals surface area contributed by atoms with Gasteiger partial charge in [-0.05, 0) is 16.3 Å². The molecule has 0 aliphatic carbocycles. The molecule has 0 saturated heterocycles. The van der Waals surface area contributed by atoms with E-state index in [-0.39, 0.29) is 5.95 Å². The summed E-state index contributed by atoms with van der Waals surface area (Å²) < 4.78 is 9.42. The lowest BCUT2D eigenvalue weighted by molar-refractivity contribution is 0.299. The molecule has 82 valence electrons. The molecule has 2 aromatic rings. The zero-order valence-electron chi connectivity index (χ0n) is 8.33. The molecule has 0 N–H and O–H groups in total. The highest BCUT2D eigenvalue weighted by Gasteiger charge is 2.01. The fourth-order valence-corrected chi connectivity index (χ4v) is 1.81. The zero-order chi connectivity index (χ0) is 11.4. The molecule has 2 aromatic carbocycles. The van der Waals surface area contributed by atoms with E-state index in [4.69, 9.17) is 8.37 Å². The second-order valence-corrected chi connectivity index (χ2v) is 3.58. The summed E-state index contributed by atoms with van der Waals surface area (Å²) in [6.45, 7) is 0. The summed E-state index contributed by atoms with van der Waals surface area (Å²) in [6, 6.07) is 14.1. The van der Waals surface area contributed by atoms with Gasteiger partial charge < -0.3 is 8.37 Å². The Morgan fingerprint density at radius 1 is 0.938 bits per heavy atom. The molecule has 0 saturated carbocycles. The minimum Gasteiger partial charge on any atom is -0.394 e. The highest BCUT2D eigenvalue weighted by Crippen LogP contribution is 2.21. The molecular formula is C12H10O2S2. The summed E-state index contributed by atoms with van der Waals surface area (Å²) >= 11 is 7.36. The topological polar surface area (TPSA) is 18.5 Å². The van der Waals surface area contributed by atoms with Gasteiger partial charge in [0.25, 0.3) is 0 Å². The van der Waals surface area contributed by atoms with Crippen LogP contribution in [0.3, 0.4) is 0 Å². The second-order valence-electron chi connectivity index (χ2n) is 3.21. The number of hydrogen-bond donors (Lipinski definition) is 2. The van der Waals surface area contributed by atoms with Crippen molar-refractivity contribution in [2.24, 2.45) is 0 Å². The summed E-state index contributed by atoms with van der Waals surface area (Å²) in [7, 11) is 0. The van der Waals surface area contributed by atoms with Crippen LogP contribution in [0.5, 0.6) is 0 Å². The molecule has 2 nitrogen and oxygen atoms in total. The van der Waals surface area contributed by atoms with Gasteiger partial charge in [-0.25, -0.2) is 0 Å². The van der Waals surface area contributed by atoms with E-state index < -0.39 is 0 Å². The summed E-state index contributed by atoms with van der Waals surface area (Å²) in [6.07, 6.45) is 1.74. The van der Waals surface area contributed by atoms with Gasteiger partial charge in [0.1, 0.15) is 0 Å². The van der Waals surface area contributed by atoms with E-state index in [2.05, 4.69) is 38.0 Å². The van der Waals surface area contributed by atoms with E-state index in [1.807, 2.05) is 30.3 Å². The molecule has 0 bridgehead atoms. The van der Waals surface area contributed by atoms with Crippen LogP contribution in [-0.4, -0.2) is 0 Å². The van der Waals surface area contributed by atoms with Crippen LogP contribution in [0.1, 0.15) is 5.56 Å². The van der Waals surface area contributed by atoms with E-state index in [1.165, 1.54) is 0 Å². The number of rotatable bonds is 3. The third kappa shape index (κ3) is 2.28. The third-order valence-electron chi connectivity index (χ3n) is 2.28. The number of benzene rings is 2. The maximum absolute atomic E-state index is 4.71. The lowest BCUT2D eigenvalue weighted by Gasteiger charge is -2.04. The SMILES string of the molecule is SOC(=Cc1cccc2ccccc12)OS. The molecule has 0 unspecified atom stereocenters. The molecule has 0 aliphatic rings. The molecule has 0 atom stereocenters. The molecule has 16 heavy (non-hydrogen) atoms. The van der Waals surface area contributed by atoms with E-state index >= 15 is 0 Å². The van der Waals surface area contributed by atoms with Crippen molar-refractivity contribution in [2.45, 2.75) is 0 Å². The summed E-state index contributed by atoms with van der Waals surface area (Å²) in [5.74, 6) is 0.239. The Hall–Kier alpha value is -1.26. The third-order valence-corrected chi connectivity index (χ3v) is 2.64. The number of hydrogen-bond acceptors (Lipinski definition) is 4. The zero-order valence-corrected chi connectivity index (χ0v) is 10.1. The van der Waals surface area contributed by atoms with Gasteiger partial charge in [0.2, 0.25) is 0 Å². The first-order chi connectivity index (χ1) is 7.85. The van der Waals surface area contributed by atoms with Crippen molar-refractivity contribution in [2.75, 3.05) is 0 Å². The Morgan fingerprint density at radius 3 is 2.38 bits per heavy atom. The predicted octanol–water partition coefficient (Wildman–Crippen LogP) is 3.86. The van der Waals surface area contributed by atoms with E-state index in [9.17, 15) is 0 Å². The van der Waals surface area contributed by atoms with Crippen LogP contribution in [0.15, 0.2) is 48.4 Å². The quantitative estimate of drug-likeness (QED) is 0.489. The molecule has 0 spiro atoms. The van der Waals surface area contributed by atoms with Crippen molar-refractivity contribution in [3.8, 4) is 0 Å². The van der Waals surface area contributed by atoms with Crippen LogP contribution in [0.2, 0.25) is 0 Å². The lowest BCUT2D eigenvalue weighted by Crippen LogP contribution is -1.83. The lowest BCUT2D eigenvalue weighted by atomic mass is 10.0. The van der Waals surface area contributed by atoms with Crippen LogP contribution >= 0.6 is 25.8 Å². The van der Waals surface area contributed by atoms with Crippen molar-refractivity contribution in [3.05, 3.63) is 54.0 Å². The van der Waals surface area contributed by atoms with Gasteiger partial charge >= 0.3 is 5.95 Å². The van der Waals surface area contributed by atoms with Gasteiger partial charge in [0.05, 0.1) is 0 Å². The minimum atomic E-state index is 0.239. The first-order valence-corrected chi connectivity index (χ1v) is 5.40. The van der Waals surface area contributed by atoms with Gasteiger partial charge in [0, 0.05) is 31.9 Å². The van der Waals surface area contributed by atoms with Crippen LogP contribution < -0.4 is 0 Å². The molecule has 0 radical (unpaired) electrons. The summed E-state index contributed by atoms with van der Waals surface area (Å²) in [4.78, 5) is 0. The Balaban J connectivity index is 2.56. The maximum atomic E-state index is 4.71. The van der Waals surface area contributed by atoms with E-state index in [0.717, 1.165) is 16.3 Å². The van der Waals surface area contributed by atoms with Gasteiger partial charge in [0.15, 0.2) is 0 Å². The minimum absolute atomic E-state index is 0.239. The summed E-state index contributed by atoms with van der Waals surface area (Å²) in [5.41, 5.74) is 0.996. The van der Waals surface area contributed by atoms with Gasteiger partial charge in [-0.2, -0.15) is 0 Å². The van der Waals surface area contributed by atoms with E-state index in [1.54, 1.807) is 6.08 Å². The molecule has 0 amide bonds. The first-order valence-electron chi connectivity index (χ1n) is 4.67. The second kappa shape index (κ2) is 5.18. The Bertz CT molecular complexity index is 512. The Labute approximate surface area is 105 Å². The number of thiol groups is 2. The fraction of sp³-hybridized carbons (Fsp3) is 0. The smallest absolute Gasteiger partial charge is 0.304 e. The molecule has 0 fully saturated rings. The van der Waals surface area contributed by atoms with Crippen LogP contribution in [0.4, 0.5) is 0 Å². The maximum Gasteiger partial charge on any atom is 0.304 e. The van der Waals surface area contributed by atoms with Crippen molar-refractivity contribution in [1.29, 1.82) is 0 Å². The average molecular weight is 250 g/mol. The number of fused-ring (bicyclic) bond motifs is 1. The van der Waals surface area contributed by atoms with Crippen LogP contribution in [-0.2, 0) is 8.37 Å². The average Bonchev–Trinajstić information content (AvgIpc) is 2.36. The van der Waals surface area contributed by atoms with Crippen molar-refractivity contribution in [3.63, 3.8) is 0 Å². The van der Waals surface area contributed by atoms with E-state index in [0.29, 0.717) is 0 Å². The normalized spacial score (nSPS) is 9.88. The molecule has 4 heteroatoms. The standard InChI is InChI=1S/C12H10O2S2/c15-13-12(14-16)8-10-6-3-5-9-4-1-2-7-11(9)10/h1-8,15-16H. The van der Waals surface area contributed by atoms with Crippen molar-refractivity contribution < 1.29 is 8.37 Å². The first kappa shape index (κ1) is 11.2.